The summed E-state index contributed by atoms with van der Waals surface area (Å²) in [5.41, 5.74) is 0.713. The van der Waals surface area contributed by atoms with Crippen molar-refractivity contribution < 1.29 is 23.8 Å². The first-order valence-electron chi connectivity index (χ1n) is 10.1. The molecule has 0 radical (unpaired) electrons. The smallest absolute Gasteiger partial charge is 0.255 e. The van der Waals surface area contributed by atoms with E-state index in [2.05, 4.69) is 10.4 Å². The second-order valence-electron chi connectivity index (χ2n) is 8.12. The van der Waals surface area contributed by atoms with Crippen molar-refractivity contribution in [2.75, 3.05) is 24.7 Å². The third-order valence-corrected chi connectivity index (χ3v) is 5.76. The number of halogens is 2. The predicted molar refractivity (Wildman–Crippen MR) is 111 cm³/mol. The van der Waals surface area contributed by atoms with Crippen LogP contribution in [0.15, 0.2) is 42.7 Å². The molecule has 4 rings (SSSR count). The van der Waals surface area contributed by atoms with Crippen LogP contribution < -0.4 is 10.2 Å². The molecule has 0 spiro atoms. The summed E-state index contributed by atoms with van der Waals surface area (Å²) in [6.45, 7) is 1.35. The van der Waals surface area contributed by atoms with Crippen molar-refractivity contribution in [3.63, 3.8) is 0 Å². The van der Waals surface area contributed by atoms with Gasteiger partial charge in [-0.2, -0.15) is 5.10 Å². The molecule has 1 aliphatic heterocycles. The van der Waals surface area contributed by atoms with Gasteiger partial charge in [0.2, 0.25) is 0 Å². The topological polar surface area (TPSA) is 90.1 Å². The number of carbonyl (C=O) groups is 1. The van der Waals surface area contributed by atoms with E-state index in [1.54, 1.807) is 16.8 Å². The number of nitrogens with one attached hydrogen (secondary N) is 1. The number of benzene rings is 1. The summed E-state index contributed by atoms with van der Waals surface area (Å²) in [7, 11) is 0. The second-order valence-corrected chi connectivity index (χ2v) is 8.12. The van der Waals surface area contributed by atoms with E-state index in [4.69, 9.17) is 0 Å². The van der Waals surface area contributed by atoms with Crippen LogP contribution in [0.4, 0.5) is 14.5 Å². The number of fused-ring (bicyclic) bond motifs is 1. The Bertz CT molecular complexity index is 1110. The Balaban J connectivity index is 1.68. The zero-order valence-corrected chi connectivity index (χ0v) is 17.1. The number of aromatic nitrogens is 2. The van der Waals surface area contributed by atoms with Crippen molar-refractivity contribution in [3.05, 3.63) is 65.5 Å². The van der Waals surface area contributed by atoms with Gasteiger partial charge in [-0.1, -0.05) is 0 Å². The summed E-state index contributed by atoms with van der Waals surface area (Å²) >= 11 is 0. The molecule has 164 valence electrons. The molecule has 3 N–H and O–H groups in total. The van der Waals surface area contributed by atoms with Crippen molar-refractivity contribution in [2.24, 2.45) is 0 Å². The fourth-order valence-electron chi connectivity index (χ4n) is 3.96. The first kappa shape index (κ1) is 21.2. The molecule has 1 fully saturated rings. The number of aliphatic hydroxyl groups is 2. The minimum absolute atomic E-state index is 0.280. The highest BCUT2D eigenvalue weighted by Gasteiger charge is 2.30. The van der Waals surface area contributed by atoms with Gasteiger partial charge in [0.1, 0.15) is 11.6 Å². The molecule has 0 aliphatic carbocycles. The minimum atomic E-state index is -1.17. The van der Waals surface area contributed by atoms with Gasteiger partial charge in [-0.05, 0) is 50.1 Å². The van der Waals surface area contributed by atoms with E-state index < -0.39 is 36.3 Å². The molecule has 1 amide bonds. The quantitative estimate of drug-likeness (QED) is 0.559. The Morgan fingerprint density at radius 2 is 2.03 bits per heavy atom. The zero-order valence-electron chi connectivity index (χ0n) is 17.1. The van der Waals surface area contributed by atoms with Gasteiger partial charge in [0.15, 0.2) is 0 Å². The minimum Gasteiger partial charge on any atom is -0.394 e. The maximum Gasteiger partial charge on any atom is 0.255 e. The summed E-state index contributed by atoms with van der Waals surface area (Å²) in [6, 6.07) is 6.77. The van der Waals surface area contributed by atoms with Crippen LogP contribution in [0.1, 0.15) is 41.7 Å². The Hall–Kier alpha value is -3.04. The first-order valence-corrected chi connectivity index (χ1v) is 10.1. The number of hydrogen-bond acceptors (Lipinski definition) is 5. The Kier molecular flexibility index (Phi) is 5.63. The first-order chi connectivity index (χ1) is 14.8. The SMILES string of the molecule is CC(CO)(CO)NC(=O)c1cnn2ccc(N3CCC[C@@H]3c3cc(F)ccc3F)cc12. The number of anilines is 1. The molecular weight excluding hydrogens is 406 g/mol. The van der Waals surface area contributed by atoms with Gasteiger partial charge in [0.05, 0.1) is 42.1 Å². The van der Waals surface area contributed by atoms with E-state index in [-0.39, 0.29) is 11.6 Å². The van der Waals surface area contributed by atoms with Gasteiger partial charge in [0.25, 0.3) is 5.91 Å². The van der Waals surface area contributed by atoms with Crippen LogP contribution in [0.2, 0.25) is 0 Å². The average Bonchev–Trinajstić information content (AvgIpc) is 3.42. The van der Waals surface area contributed by atoms with Crippen LogP contribution in [-0.4, -0.2) is 51.0 Å². The van der Waals surface area contributed by atoms with E-state index >= 15 is 0 Å². The van der Waals surface area contributed by atoms with E-state index in [0.29, 0.717) is 24.0 Å². The fraction of sp³-hybridized carbons (Fsp3) is 0.364. The molecule has 0 saturated carbocycles. The van der Waals surface area contributed by atoms with Crippen LogP contribution >= 0.6 is 0 Å². The third kappa shape index (κ3) is 3.98. The molecule has 1 aromatic carbocycles. The number of pyridine rings is 1. The third-order valence-electron chi connectivity index (χ3n) is 5.76. The molecule has 1 aliphatic rings. The van der Waals surface area contributed by atoms with Crippen LogP contribution in [0, 0.1) is 11.6 Å². The molecule has 7 nitrogen and oxygen atoms in total. The number of nitrogens with zero attached hydrogens (tertiary/aromatic N) is 3. The Morgan fingerprint density at radius 3 is 2.77 bits per heavy atom. The van der Waals surface area contributed by atoms with Crippen molar-refractivity contribution in [3.8, 4) is 0 Å². The summed E-state index contributed by atoms with van der Waals surface area (Å²) < 4.78 is 29.7. The molecule has 2 aromatic heterocycles. The summed E-state index contributed by atoms with van der Waals surface area (Å²) in [4.78, 5) is 14.8. The Morgan fingerprint density at radius 1 is 1.26 bits per heavy atom. The van der Waals surface area contributed by atoms with Crippen LogP contribution in [0.25, 0.3) is 5.52 Å². The predicted octanol–water partition coefficient (Wildman–Crippen LogP) is 2.43. The van der Waals surface area contributed by atoms with E-state index in [1.807, 2.05) is 11.0 Å². The molecule has 1 atom stereocenters. The fourth-order valence-corrected chi connectivity index (χ4v) is 3.96. The van der Waals surface area contributed by atoms with Crippen molar-refractivity contribution in [1.82, 2.24) is 14.9 Å². The van der Waals surface area contributed by atoms with Crippen molar-refractivity contribution in [1.29, 1.82) is 0 Å². The highest BCUT2D eigenvalue weighted by atomic mass is 19.1. The van der Waals surface area contributed by atoms with Crippen LogP contribution in [0.5, 0.6) is 0 Å². The van der Waals surface area contributed by atoms with Gasteiger partial charge in [-0.25, -0.2) is 13.3 Å². The molecule has 31 heavy (non-hydrogen) atoms. The zero-order chi connectivity index (χ0) is 22.2. The van der Waals surface area contributed by atoms with Gasteiger partial charge in [-0.3, -0.25) is 4.79 Å². The van der Waals surface area contributed by atoms with E-state index in [0.717, 1.165) is 24.2 Å². The maximum atomic E-state index is 14.4. The highest BCUT2D eigenvalue weighted by molar-refractivity contribution is 6.01. The van der Waals surface area contributed by atoms with Gasteiger partial charge in [0, 0.05) is 24.0 Å². The molecular formula is C22H24F2N4O3. The normalized spacial score (nSPS) is 16.8. The van der Waals surface area contributed by atoms with Gasteiger partial charge in [-0.15, -0.1) is 0 Å². The molecule has 0 unspecified atom stereocenters. The van der Waals surface area contributed by atoms with Gasteiger partial charge >= 0.3 is 0 Å². The Labute approximate surface area is 177 Å². The summed E-state index contributed by atoms with van der Waals surface area (Å²) in [5, 5.41) is 25.7. The monoisotopic (exact) mass is 430 g/mol. The lowest BCUT2D eigenvalue weighted by atomic mass is 10.0. The van der Waals surface area contributed by atoms with E-state index in [9.17, 15) is 23.8 Å². The number of aliphatic hydroxyl groups excluding tert-OH is 2. The lowest BCUT2D eigenvalue weighted by Crippen LogP contribution is -2.51. The van der Waals surface area contributed by atoms with Crippen molar-refractivity contribution in [2.45, 2.75) is 31.3 Å². The van der Waals surface area contributed by atoms with Crippen LogP contribution in [-0.2, 0) is 0 Å². The lowest BCUT2D eigenvalue weighted by Gasteiger charge is -2.28. The number of rotatable bonds is 6. The molecule has 0 bridgehead atoms. The van der Waals surface area contributed by atoms with E-state index in [1.165, 1.54) is 19.2 Å². The second kappa shape index (κ2) is 8.24. The molecule has 9 heteroatoms. The summed E-state index contributed by atoms with van der Waals surface area (Å²) in [6.07, 6.45) is 4.63. The largest absolute Gasteiger partial charge is 0.394 e. The molecule has 3 heterocycles. The maximum absolute atomic E-state index is 14.4. The standard InChI is InChI=1S/C22H24F2N4O3/c1-22(12-29,13-30)26-21(31)17-11-25-28-8-6-15(10-20(17)28)27-7-2-3-19(27)16-9-14(23)4-5-18(16)24/h4-6,8-11,19,29-30H,2-3,7,12-13H2,1H3,(H,26,31)/t19-/m1/s1. The molecule has 1 saturated heterocycles. The molecule has 3 aromatic rings. The number of hydrogen-bond donors (Lipinski definition) is 3. The van der Waals surface area contributed by atoms with Gasteiger partial charge < -0.3 is 20.4 Å². The number of amides is 1. The average molecular weight is 430 g/mol. The van der Waals surface area contributed by atoms with Crippen LogP contribution in [0.3, 0.4) is 0 Å². The number of carbonyl (C=O) groups excluding carboxylic acids is 1. The summed E-state index contributed by atoms with van der Waals surface area (Å²) in [5.74, 6) is -1.41. The highest BCUT2D eigenvalue weighted by Crippen LogP contribution is 2.38. The lowest BCUT2D eigenvalue weighted by molar-refractivity contribution is 0.0725. The van der Waals surface area contributed by atoms with Crippen molar-refractivity contribution >= 4 is 17.1 Å².